The molecule has 0 bridgehead atoms. The molecule has 0 spiro atoms. The lowest BCUT2D eigenvalue weighted by atomic mass is 10.1. The van der Waals surface area contributed by atoms with Crippen LogP contribution in [0.1, 0.15) is 5.56 Å². The van der Waals surface area contributed by atoms with E-state index in [4.69, 9.17) is 9.15 Å². The molecule has 15 heavy (non-hydrogen) atoms. The van der Waals surface area contributed by atoms with Gasteiger partial charge in [0.05, 0.1) is 18.6 Å². The highest BCUT2D eigenvalue weighted by molar-refractivity contribution is 5.86. The molecule has 0 aliphatic rings. The summed E-state index contributed by atoms with van der Waals surface area (Å²) in [6, 6.07) is 4.42. The van der Waals surface area contributed by atoms with Crippen molar-refractivity contribution in [3.8, 4) is 11.5 Å². The fraction of sp³-hybridized carbons (Fsp3) is 0.182. The van der Waals surface area contributed by atoms with Crippen molar-refractivity contribution in [3.63, 3.8) is 0 Å². The second-order valence-electron chi connectivity index (χ2n) is 3.22. The quantitative estimate of drug-likeness (QED) is 0.723. The third kappa shape index (κ3) is 1.44. The first-order valence-electron chi connectivity index (χ1n) is 4.44. The highest BCUT2D eigenvalue weighted by Gasteiger charge is 2.10. The maximum Gasteiger partial charge on any atom is 0.339 e. The average Bonchev–Trinajstić information content (AvgIpc) is 2.19. The Kier molecular flexibility index (Phi) is 2.11. The van der Waals surface area contributed by atoms with Gasteiger partial charge in [0.15, 0.2) is 0 Å². The first-order valence-corrected chi connectivity index (χ1v) is 4.44. The molecule has 0 radical (unpaired) electrons. The lowest BCUT2D eigenvalue weighted by molar-refractivity contribution is 0.410. The predicted molar refractivity (Wildman–Crippen MR) is 55.4 cm³/mol. The number of hydrogen-bond acceptors (Lipinski definition) is 4. The lowest BCUT2D eigenvalue weighted by Gasteiger charge is -2.07. The Labute approximate surface area is 85.7 Å². The summed E-state index contributed by atoms with van der Waals surface area (Å²) in [6.07, 6.45) is 0. The summed E-state index contributed by atoms with van der Waals surface area (Å²) in [5, 5.41) is 10.0. The molecular weight excluding hydrogens is 196 g/mol. The summed E-state index contributed by atoms with van der Waals surface area (Å²) in [5.41, 5.74) is 0.485. The number of ether oxygens (including phenoxy) is 1. The van der Waals surface area contributed by atoms with Gasteiger partial charge in [0, 0.05) is 5.56 Å². The second-order valence-corrected chi connectivity index (χ2v) is 3.22. The largest absolute Gasteiger partial charge is 0.507 e. The van der Waals surface area contributed by atoms with E-state index in [1.807, 2.05) is 0 Å². The molecule has 78 valence electrons. The van der Waals surface area contributed by atoms with Crippen LogP contribution in [0.2, 0.25) is 0 Å². The monoisotopic (exact) mass is 206 g/mol. The van der Waals surface area contributed by atoms with Gasteiger partial charge in [0.1, 0.15) is 17.1 Å². The Balaban J connectivity index is 2.92. The first-order chi connectivity index (χ1) is 7.13. The molecule has 0 saturated carbocycles. The van der Waals surface area contributed by atoms with E-state index < -0.39 is 5.63 Å². The van der Waals surface area contributed by atoms with Gasteiger partial charge < -0.3 is 14.3 Å². The molecule has 2 aromatic rings. The molecular formula is C11H10O4. The fourth-order valence-corrected chi connectivity index (χ4v) is 1.55. The van der Waals surface area contributed by atoms with Crippen molar-refractivity contribution >= 4 is 11.0 Å². The number of aromatic hydroxyl groups is 1. The predicted octanol–water partition coefficient (Wildman–Crippen LogP) is 1.82. The Bertz CT molecular complexity index is 569. The van der Waals surface area contributed by atoms with Crippen molar-refractivity contribution in [1.82, 2.24) is 0 Å². The summed E-state index contributed by atoms with van der Waals surface area (Å²) < 4.78 is 10.1. The van der Waals surface area contributed by atoms with Crippen molar-refractivity contribution in [3.05, 3.63) is 34.2 Å². The zero-order chi connectivity index (χ0) is 11.0. The Morgan fingerprint density at radius 1 is 1.40 bits per heavy atom. The van der Waals surface area contributed by atoms with E-state index in [-0.39, 0.29) is 5.75 Å². The van der Waals surface area contributed by atoms with Crippen molar-refractivity contribution in [2.75, 3.05) is 7.11 Å². The third-order valence-electron chi connectivity index (χ3n) is 2.31. The van der Waals surface area contributed by atoms with Crippen molar-refractivity contribution in [2.24, 2.45) is 0 Å². The Hall–Kier alpha value is -1.97. The molecule has 0 unspecified atom stereocenters. The van der Waals surface area contributed by atoms with E-state index in [0.29, 0.717) is 22.3 Å². The standard InChI is InChI=1S/C11H10O4/c1-6-9(14-2)4-3-7-8(12)5-10(13)15-11(6)7/h3-5,12H,1-2H3. The first kappa shape index (κ1) is 9.58. The minimum absolute atomic E-state index is 0.0768. The minimum Gasteiger partial charge on any atom is -0.507 e. The van der Waals surface area contributed by atoms with Crippen LogP contribution in [0.25, 0.3) is 11.0 Å². The van der Waals surface area contributed by atoms with Gasteiger partial charge in [-0.15, -0.1) is 0 Å². The number of fused-ring (bicyclic) bond motifs is 1. The molecule has 0 saturated heterocycles. The van der Waals surface area contributed by atoms with Crippen LogP contribution in [-0.4, -0.2) is 12.2 Å². The van der Waals surface area contributed by atoms with E-state index >= 15 is 0 Å². The molecule has 4 heteroatoms. The van der Waals surface area contributed by atoms with Gasteiger partial charge in [-0.1, -0.05) is 0 Å². The summed E-state index contributed by atoms with van der Waals surface area (Å²) in [5.74, 6) is 0.545. The molecule has 0 aliphatic carbocycles. The van der Waals surface area contributed by atoms with E-state index in [0.717, 1.165) is 6.07 Å². The number of rotatable bonds is 1. The maximum atomic E-state index is 11.1. The van der Waals surface area contributed by atoms with E-state index in [9.17, 15) is 9.90 Å². The molecule has 1 aromatic heterocycles. The second kappa shape index (κ2) is 3.31. The van der Waals surface area contributed by atoms with Crippen LogP contribution >= 0.6 is 0 Å². The summed E-state index contributed by atoms with van der Waals surface area (Å²) >= 11 is 0. The van der Waals surface area contributed by atoms with Crippen molar-refractivity contribution in [2.45, 2.75) is 6.92 Å². The van der Waals surface area contributed by atoms with Crippen LogP contribution in [-0.2, 0) is 0 Å². The van der Waals surface area contributed by atoms with Gasteiger partial charge in [-0.3, -0.25) is 0 Å². The maximum absolute atomic E-state index is 11.1. The smallest absolute Gasteiger partial charge is 0.339 e. The summed E-state index contributed by atoms with van der Waals surface area (Å²) in [6.45, 7) is 1.77. The molecule has 0 aliphatic heterocycles. The number of benzene rings is 1. The third-order valence-corrected chi connectivity index (χ3v) is 2.31. The molecule has 1 aromatic carbocycles. The zero-order valence-corrected chi connectivity index (χ0v) is 8.40. The molecule has 1 N–H and O–H groups in total. The van der Waals surface area contributed by atoms with Crippen LogP contribution in [0.15, 0.2) is 27.4 Å². The molecule has 0 atom stereocenters. The normalized spacial score (nSPS) is 10.5. The highest BCUT2D eigenvalue weighted by atomic mass is 16.5. The summed E-state index contributed by atoms with van der Waals surface area (Å²) in [4.78, 5) is 11.1. The number of hydrogen-bond donors (Lipinski definition) is 1. The van der Waals surface area contributed by atoms with Gasteiger partial charge in [0.25, 0.3) is 0 Å². The van der Waals surface area contributed by atoms with E-state index in [1.54, 1.807) is 19.1 Å². The molecule has 4 nitrogen and oxygen atoms in total. The van der Waals surface area contributed by atoms with E-state index in [1.165, 1.54) is 7.11 Å². The van der Waals surface area contributed by atoms with Crippen LogP contribution in [0.3, 0.4) is 0 Å². The van der Waals surface area contributed by atoms with Crippen molar-refractivity contribution in [1.29, 1.82) is 0 Å². The lowest BCUT2D eigenvalue weighted by Crippen LogP contribution is -1.97. The number of aryl methyl sites for hydroxylation is 1. The van der Waals surface area contributed by atoms with Crippen LogP contribution < -0.4 is 10.4 Å². The van der Waals surface area contributed by atoms with Crippen LogP contribution in [0.5, 0.6) is 11.5 Å². The zero-order valence-electron chi connectivity index (χ0n) is 8.40. The van der Waals surface area contributed by atoms with Gasteiger partial charge in [-0.25, -0.2) is 4.79 Å². The average molecular weight is 206 g/mol. The topological polar surface area (TPSA) is 59.7 Å². The Morgan fingerprint density at radius 2 is 2.13 bits per heavy atom. The van der Waals surface area contributed by atoms with Crippen LogP contribution in [0.4, 0.5) is 0 Å². The molecule has 2 rings (SSSR count). The molecule has 1 heterocycles. The fourth-order valence-electron chi connectivity index (χ4n) is 1.55. The van der Waals surface area contributed by atoms with Gasteiger partial charge >= 0.3 is 5.63 Å². The highest BCUT2D eigenvalue weighted by Crippen LogP contribution is 2.30. The van der Waals surface area contributed by atoms with Gasteiger partial charge in [-0.05, 0) is 19.1 Å². The van der Waals surface area contributed by atoms with Gasteiger partial charge in [-0.2, -0.15) is 0 Å². The SMILES string of the molecule is COc1ccc2c(O)cc(=O)oc2c1C. The minimum atomic E-state index is -0.573. The van der Waals surface area contributed by atoms with E-state index in [2.05, 4.69) is 0 Å². The van der Waals surface area contributed by atoms with Gasteiger partial charge in [0.2, 0.25) is 0 Å². The van der Waals surface area contributed by atoms with Crippen LogP contribution in [0, 0.1) is 6.92 Å². The Morgan fingerprint density at radius 3 is 2.80 bits per heavy atom. The molecule has 0 fully saturated rings. The molecule has 0 amide bonds. The summed E-state index contributed by atoms with van der Waals surface area (Å²) in [7, 11) is 1.54. The number of methoxy groups -OCH3 is 1. The van der Waals surface area contributed by atoms with Crippen molar-refractivity contribution < 1.29 is 14.3 Å².